The average Bonchev–Trinajstić information content (AvgIpc) is 3.02. The van der Waals surface area contributed by atoms with Crippen molar-refractivity contribution in [3.05, 3.63) is 15.6 Å². The Bertz CT molecular complexity index is 390. The van der Waals surface area contributed by atoms with E-state index in [0.717, 1.165) is 31.2 Å². The van der Waals surface area contributed by atoms with Gasteiger partial charge in [-0.25, -0.2) is 4.98 Å². The van der Waals surface area contributed by atoms with E-state index in [4.69, 9.17) is 18.0 Å². The van der Waals surface area contributed by atoms with E-state index in [1.54, 1.807) is 11.3 Å². The summed E-state index contributed by atoms with van der Waals surface area (Å²) in [6, 6.07) is 0.730. The molecule has 2 rings (SSSR count). The van der Waals surface area contributed by atoms with Gasteiger partial charge < -0.3 is 5.73 Å². The van der Waals surface area contributed by atoms with Gasteiger partial charge in [-0.2, -0.15) is 0 Å². The van der Waals surface area contributed by atoms with Crippen LogP contribution in [-0.2, 0) is 6.54 Å². The molecule has 5 heteroatoms. The third-order valence-corrected chi connectivity index (χ3v) is 4.38. The Labute approximate surface area is 112 Å². The van der Waals surface area contributed by atoms with Crippen LogP contribution in [0.15, 0.2) is 0 Å². The normalized spacial score (nSPS) is 15.5. The Balaban J connectivity index is 1.95. The third-order valence-electron chi connectivity index (χ3n) is 3.12. The summed E-state index contributed by atoms with van der Waals surface area (Å²) in [6.07, 6.45) is 3.43. The minimum absolute atomic E-state index is 0.613. The van der Waals surface area contributed by atoms with Gasteiger partial charge in [-0.15, -0.1) is 11.3 Å². The van der Waals surface area contributed by atoms with Gasteiger partial charge in [0.2, 0.25) is 0 Å². The fourth-order valence-electron chi connectivity index (χ4n) is 1.86. The molecule has 2 N–H and O–H groups in total. The monoisotopic (exact) mass is 269 g/mol. The van der Waals surface area contributed by atoms with Crippen molar-refractivity contribution < 1.29 is 0 Å². The van der Waals surface area contributed by atoms with Crippen molar-refractivity contribution in [2.24, 2.45) is 5.73 Å². The molecule has 1 fully saturated rings. The van der Waals surface area contributed by atoms with Crippen LogP contribution in [0.5, 0.6) is 0 Å². The molecule has 1 heterocycles. The average molecular weight is 269 g/mol. The van der Waals surface area contributed by atoms with Crippen molar-refractivity contribution in [2.75, 3.05) is 6.54 Å². The SMILES string of the molecule is Cc1nc(CN(CCC(N)=S)C2CC2)sc1C. The molecule has 1 aliphatic rings. The van der Waals surface area contributed by atoms with Gasteiger partial charge in [-0.3, -0.25) is 4.90 Å². The van der Waals surface area contributed by atoms with Crippen LogP contribution in [0.25, 0.3) is 0 Å². The van der Waals surface area contributed by atoms with E-state index in [1.165, 1.54) is 22.7 Å². The maximum Gasteiger partial charge on any atom is 0.107 e. The molecule has 0 spiro atoms. The summed E-state index contributed by atoms with van der Waals surface area (Å²) in [5.74, 6) is 0. The van der Waals surface area contributed by atoms with Gasteiger partial charge >= 0.3 is 0 Å². The molecule has 94 valence electrons. The molecule has 1 aromatic rings. The molecule has 1 aliphatic carbocycles. The lowest BCUT2D eigenvalue weighted by molar-refractivity contribution is 0.262. The van der Waals surface area contributed by atoms with E-state index in [1.807, 2.05) is 0 Å². The third kappa shape index (κ3) is 3.72. The van der Waals surface area contributed by atoms with Crippen molar-refractivity contribution >= 4 is 28.5 Å². The molecule has 0 unspecified atom stereocenters. The number of thiocarbonyl (C=S) groups is 1. The summed E-state index contributed by atoms with van der Waals surface area (Å²) < 4.78 is 0. The van der Waals surface area contributed by atoms with Crippen LogP contribution in [0, 0.1) is 13.8 Å². The van der Waals surface area contributed by atoms with Crippen LogP contribution in [0.3, 0.4) is 0 Å². The lowest BCUT2D eigenvalue weighted by atomic mass is 10.3. The highest BCUT2D eigenvalue weighted by Gasteiger charge is 2.29. The fourth-order valence-corrected chi connectivity index (χ4v) is 2.92. The highest BCUT2D eigenvalue weighted by atomic mass is 32.1. The molecule has 0 bridgehead atoms. The largest absolute Gasteiger partial charge is 0.393 e. The van der Waals surface area contributed by atoms with Crippen molar-refractivity contribution in [1.29, 1.82) is 0 Å². The molecule has 17 heavy (non-hydrogen) atoms. The number of aromatic nitrogens is 1. The van der Waals surface area contributed by atoms with Crippen LogP contribution < -0.4 is 5.73 Å². The van der Waals surface area contributed by atoms with Gasteiger partial charge in [0, 0.05) is 23.9 Å². The van der Waals surface area contributed by atoms with Gasteiger partial charge in [0.1, 0.15) is 5.01 Å². The van der Waals surface area contributed by atoms with E-state index < -0.39 is 0 Å². The van der Waals surface area contributed by atoms with Gasteiger partial charge in [0.05, 0.1) is 17.2 Å². The van der Waals surface area contributed by atoms with Crippen molar-refractivity contribution in [3.8, 4) is 0 Å². The Morgan fingerprint density at radius 1 is 1.53 bits per heavy atom. The van der Waals surface area contributed by atoms with E-state index in [9.17, 15) is 0 Å². The Hall–Kier alpha value is -0.520. The number of nitrogens with zero attached hydrogens (tertiary/aromatic N) is 2. The minimum Gasteiger partial charge on any atom is -0.393 e. The molecule has 0 aliphatic heterocycles. The molecule has 0 atom stereocenters. The second-order valence-corrected chi connectivity index (χ2v) is 6.48. The Morgan fingerprint density at radius 2 is 2.24 bits per heavy atom. The van der Waals surface area contributed by atoms with Gasteiger partial charge in [-0.05, 0) is 26.7 Å². The zero-order chi connectivity index (χ0) is 12.4. The van der Waals surface area contributed by atoms with Crippen molar-refractivity contribution in [2.45, 2.75) is 45.7 Å². The van der Waals surface area contributed by atoms with E-state index >= 15 is 0 Å². The molecule has 0 amide bonds. The van der Waals surface area contributed by atoms with Gasteiger partial charge in [0.15, 0.2) is 0 Å². The topological polar surface area (TPSA) is 42.2 Å². The molecule has 0 radical (unpaired) electrons. The first-order chi connectivity index (χ1) is 8.06. The van der Waals surface area contributed by atoms with Gasteiger partial charge in [-0.1, -0.05) is 12.2 Å². The lowest BCUT2D eigenvalue weighted by Crippen LogP contribution is -2.29. The smallest absolute Gasteiger partial charge is 0.107 e. The molecule has 1 saturated carbocycles. The molecule has 0 saturated heterocycles. The standard InChI is InChI=1S/C12H19N3S2/c1-8-9(2)17-12(14-8)7-15(10-3-4-10)6-5-11(13)16/h10H,3-7H2,1-2H3,(H2,13,16). The predicted molar refractivity (Wildman–Crippen MR) is 76.4 cm³/mol. The summed E-state index contributed by atoms with van der Waals surface area (Å²) in [5.41, 5.74) is 6.74. The predicted octanol–water partition coefficient (Wildman–Crippen LogP) is 2.40. The van der Waals surface area contributed by atoms with E-state index in [-0.39, 0.29) is 0 Å². The number of aryl methyl sites for hydroxylation is 2. The number of hydrogen-bond acceptors (Lipinski definition) is 4. The maximum absolute atomic E-state index is 5.57. The number of rotatable bonds is 6. The van der Waals surface area contributed by atoms with Crippen LogP contribution in [-0.4, -0.2) is 27.5 Å². The second kappa shape index (κ2) is 5.42. The molecular formula is C12H19N3S2. The summed E-state index contributed by atoms with van der Waals surface area (Å²) in [6.45, 7) is 6.13. The van der Waals surface area contributed by atoms with Crippen molar-refractivity contribution in [1.82, 2.24) is 9.88 Å². The minimum atomic E-state index is 0.613. The quantitative estimate of drug-likeness (QED) is 0.805. The first-order valence-corrected chi connectivity index (χ1v) is 7.24. The van der Waals surface area contributed by atoms with E-state index in [2.05, 4.69) is 23.7 Å². The highest BCUT2D eigenvalue weighted by Crippen LogP contribution is 2.29. The maximum atomic E-state index is 5.57. The zero-order valence-electron chi connectivity index (χ0n) is 10.4. The highest BCUT2D eigenvalue weighted by molar-refractivity contribution is 7.80. The van der Waals surface area contributed by atoms with E-state index in [0.29, 0.717) is 4.99 Å². The summed E-state index contributed by atoms with van der Waals surface area (Å²) in [5, 5.41) is 1.22. The first-order valence-electron chi connectivity index (χ1n) is 6.01. The lowest BCUT2D eigenvalue weighted by Gasteiger charge is -2.20. The first kappa shape index (κ1) is 12.9. The Kier molecular flexibility index (Phi) is 4.12. The zero-order valence-corrected chi connectivity index (χ0v) is 12.0. The van der Waals surface area contributed by atoms with Gasteiger partial charge in [0.25, 0.3) is 0 Å². The van der Waals surface area contributed by atoms with Crippen LogP contribution in [0.4, 0.5) is 0 Å². The van der Waals surface area contributed by atoms with Crippen molar-refractivity contribution in [3.63, 3.8) is 0 Å². The van der Waals surface area contributed by atoms with Crippen LogP contribution >= 0.6 is 23.6 Å². The number of nitrogens with two attached hydrogens (primary N) is 1. The summed E-state index contributed by atoms with van der Waals surface area (Å²) in [7, 11) is 0. The number of thiazole rings is 1. The Morgan fingerprint density at radius 3 is 2.71 bits per heavy atom. The van der Waals surface area contributed by atoms with Crippen LogP contribution in [0.2, 0.25) is 0 Å². The number of hydrogen-bond donors (Lipinski definition) is 1. The van der Waals surface area contributed by atoms with Crippen LogP contribution in [0.1, 0.15) is 34.8 Å². The fraction of sp³-hybridized carbons (Fsp3) is 0.667. The molecule has 1 aromatic heterocycles. The summed E-state index contributed by atoms with van der Waals surface area (Å²) in [4.78, 5) is 9.01. The summed E-state index contributed by atoms with van der Waals surface area (Å²) >= 11 is 6.75. The molecular weight excluding hydrogens is 250 g/mol. The molecule has 3 nitrogen and oxygen atoms in total. The molecule has 0 aromatic carbocycles. The second-order valence-electron chi connectivity index (χ2n) is 4.67.